The molecule has 1 aliphatic rings. The standard InChI is InChI=1S/C14H22O5.C12H18O.C4H6O2/c1-10(6-15)14(18)19-9-13(8-17)12-4-2-11(7-16)3-5-12;1-3-4-5-6-11-7-9-12(13-2)10-8-11;1-4(2-5)3-6/h7,11-13,15,17H,1-6,8-9H2;7-10H,3-6H2,1-2H3;2,6H,1,3H2. The highest BCUT2D eigenvalue weighted by Gasteiger charge is 2.28. The van der Waals surface area contributed by atoms with Crippen LogP contribution in [0.3, 0.4) is 0 Å². The minimum Gasteiger partial charge on any atom is -0.497 e. The number of unbranched alkanes of at least 4 members (excludes halogenated alkanes) is 2. The monoisotopic (exact) mass is 534 g/mol. The molecule has 1 saturated carbocycles. The number of hydrogen-bond donors (Lipinski definition) is 3. The topological polar surface area (TPSA) is 130 Å². The number of rotatable bonds is 14. The van der Waals surface area contributed by atoms with Crippen LogP contribution in [0.4, 0.5) is 0 Å². The third-order valence-electron chi connectivity index (χ3n) is 6.42. The normalized spacial score (nSPS) is 16.9. The summed E-state index contributed by atoms with van der Waals surface area (Å²) >= 11 is 0. The Labute approximate surface area is 227 Å². The predicted octanol–water partition coefficient (Wildman–Crippen LogP) is 3.85. The lowest BCUT2D eigenvalue weighted by molar-refractivity contribution is -0.142. The summed E-state index contributed by atoms with van der Waals surface area (Å²) in [4.78, 5) is 31.5. The van der Waals surface area contributed by atoms with Crippen LogP contribution in [-0.2, 0) is 25.5 Å². The lowest BCUT2D eigenvalue weighted by atomic mass is 9.76. The van der Waals surface area contributed by atoms with E-state index in [0.29, 0.717) is 6.29 Å². The van der Waals surface area contributed by atoms with E-state index in [4.69, 9.17) is 19.7 Å². The van der Waals surface area contributed by atoms with Crippen molar-refractivity contribution >= 4 is 18.5 Å². The van der Waals surface area contributed by atoms with Gasteiger partial charge in [0.25, 0.3) is 0 Å². The molecule has 1 unspecified atom stereocenters. The van der Waals surface area contributed by atoms with Crippen LogP contribution in [0, 0.1) is 17.8 Å². The maximum atomic E-state index is 11.4. The van der Waals surface area contributed by atoms with Gasteiger partial charge in [0.05, 0.1) is 32.5 Å². The number of aliphatic hydroxyl groups excluding tert-OH is 3. The third kappa shape index (κ3) is 15.4. The Bertz CT molecular complexity index is 810. The molecule has 0 saturated heterocycles. The van der Waals surface area contributed by atoms with Crippen molar-refractivity contribution in [2.75, 3.05) is 33.5 Å². The highest BCUT2D eigenvalue weighted by atomic mass is 16.5. The summed E-state index contributed by atoms with van der Waals surface area (Å²) in [5.41, 5.74) is 1.64. The number of methoxy groups -OCH3 is 1. The summed E-state index contributed by atoms with van der Waals surface area (Å²) < 4.78 is 10.1. The number of benzene rings is 1. The van der Waals surface area contributed by atoms with E-state index in [1.807, 2.05) is 12.1 Å². The van der Waals surface area contributed by atoms with Gasteiger partial charge in [-0.05, 0) is 62.1 Å². The van der Waals surface area contributed by atoms with Crippen LogP contribution in [0.2, 0.25) is 0 Å². The van der Waals surface area contributed by atoms with Gasteiger partial charge in [0, 0.05) is 24.0 Å². The Morgan fingerprint density at radius 1 is 1.03 bits per heavy atom. The molecule has 0 aliphatic heterocycles. The first kappa shape index (κ1) is 35.2. The lowest BCUT2D eigenvalue weighted by Crippen LogP contribution is -2.29. The Morgan fingerprint density at radius 3 is 2.08 bits per heavy atom. The van der Waals surface area contributed by atoms with E-state index in [1.54, 1.807) is 7.11 Å². The molecule has 0 bridgehead atoms. The summed E-state index contributed by atoms with van der Waals surface area (Å²) in [6.07, 6.45) is 10.0. The summed E-state index contributed by atoms with van der Waals surface area (Å²) in [5.74, 6) is 0.619. The van der Waals surface area contributed by atoms with Crippen molar-refractivity contribution in [2.24, 2.45) is 17.8 Å². The van der Waals surface area contributed by atoms with Crippen LogP contribution in [0.5, 0.6) is 5.75 Å². The number of hydrogen-bond acceptors (Lipinski definition) is 8. The Kier molecular flexibility index (Phi) is 20.6. The molecule has 1 aromatic carbocycles. The van der Waals surface area contributed by atoms with Gasteiger partial charge in [-0.3, -0.25) is 4.79 Å². The number of aryl methyl sites for hydroxylation is 1. The second-order valence-electron chi connectivity index (χ2n) is 9.35. The number of carbonyl (C=O) groups excluding carboxylic acids is 3. The summed E-state index contributed by atoms with van der Waals surface area (Å²) in [7, 11) is 1.70. The first-order valence-electron chi connectivity index (χ1n) is 13.2. The van der Waals surface area contributed by atoms with Gasteiger partial charge in [-0.15, -0.1) is 0 Å². The predicted molar refractivity (Wildman–Crippen MR) is 148 cm³/mol. The molecule has 1 atom stereocenters. The molecular formula is C30H46O8. The van der Waals surface area contributed by atoms with E-state index in [0.717, 1.165) is 37.7 Å². The zero-order valence-electron chi connectivity index (χ0n) is 23.0. The Balaban J connectivity index is 0.000000620. The first-order valence-corrected chi connectivity index (χ1v) is 13.2. The maximum Gasteiger partial charge on any atom is 0.335 e. The van der Waals surface area contributed by atoms with Crippen LogP contribution in [0.15, 0.2) is 48.6 Å². The fourth-order valence-electron chi connectivity index (χ4n) is 3.85. The van der Waals surface area contributed by atoms with E-state index in [2.05, 4.69) is 32.2 Å². The molecule has 0 amide bonds. The SMILES string of the molecule is C=C(C=O)CO.C=C(CO)C(=O)OCC(CO)C1CCC(C=O)CC1.CCCCCc1ccc(OC)cc1. The molecule has 1 fully saturated rings. The van der Waals surface area contributed by atoms with Crippen molar-refractivity contribution < 1.29 is 39.2 Å². The fraction of sp³-hybridized carbons (Fsp3) is 0.567. The lowest BCUT2D eigenvalue weighted by Gasteiger charge is -2.30. The molecule has 0 heterocycles. The number of esters is 1. The van der Waals surface area contributed by atoms with Crippen LogP contribution < -0.4 is 4.74 Å². The van der Waals surface area contributed by atoms with Gasteiger partial charge in [-0.25, -0.2) is 4.79 Å². The zero-order valence-corrected chi connectivity index (χ0v) is 23.0. The van der Waals surface area contributed by atoms with E-state index in [9.17, 15) is 19.5 Å². The number of aliphatic hydroxyl groups is 3. The van der Waals surface area contributed by atoms with Crippen molar-refractivity contribution in [3.63, 3.8) is 0 Å². The van der Waals surface area contributed by atoms with E-state index < -0.39 is 12.6 Å². The quantitative estimate of drug-likeness (QED) is 0.142. The molecule has 0 radical (unpaired) electrons. The largest absolute Gasteiger partial charge is 0.497 e. The van der Waals surface area contributed by atoms with E-state index >= 15 is 0 Å². The minimum atomic E-state index is -0.623. The molecule has 0 aromatic heterocycles. The molecular weight excluding hydrogens is 488 g/mol. The average Bonchev–Trinajstić information content (AvgIpc) is 2.97. The fourth-order valence-corrected chi connectivity index (χ4v) is 3.85. The Hall–Kier alpha value is -2.81. The molecule has 0 spiro atoms. The van der Waals surface area contributed by atoms with Crippen molar-refractivity contribution in [1.29, 1.82) is 0 Å². The number of carbonyl (C=O) groups is 3. The first-order chi connectivity index (χ1) is 18.3. The van der Waals surface area contributed by atoms with Crippen LogP contribution in [-0.4, -0.2) is 67.4 Å². The van der Waals surface area contributed by atoms with E-state index in [-0.39, 0.29) is 48.7 Å². The van der Waals surface area contributed by atoms with Gasteiger partial charge in [0.15, 0.2) is 0 Å². The third-order valence-corrected chi connectivity index (χ3v) is 6.42. The van der Waals surface area contributed by atoms with Gasteiger partial charge in [-0.2, -0.15) is 0 Å². The maximum absolute atomic E-state index is 11.4. The van der Waals surface area contributed by atoms with Crippen molar-refractivity contribution in [1.82, 2.24) is 0 Å². The molecule has 38 heavy (non-hydrogen) atoms. The second kappa shape index (κ2) is 22.2. The van der Waals surface area contributed by atoms with Gasteiger partial charge in [0.1, 0.15) is 18.3 Å². The van der Waals surface area contributed by atoms with Crippen LogP contribution in [0.1, 0.15) is 57.4 Å². The Morgan fingerprint density at radius 2 is 1.66 bits per heavy atom. The van der Waals surface area contributed by atoms with Gasteiger partial charge < -0.3 is 29.6 Å². The van der Waals surface area contributed by atoms with E-state index in [1.165, 1.54) is 31.2 Å². The minimum absolute atomic E-state index is 0.0151. The van der Waals surface area contributed by atoms with Gasteiger partial charge in [-0.1, -0.05) is 45.1 Å². The highest BCUT2D eigenvalue weighted by Crippen LogP contribution is 2.32. The van der Waals surface area contributed by atoms with Gasteiger partial charge >= 0.3 is 5.97 Å². The number of ether oxygens (including phenoxy) is 2. The molecule has 2 rings (SSSR count). The molecule has 8 heteroatoms. The molecule has 3 N–H and O–H groups in total. The smallest absolute Gasteiger partial charge is 0.335 e. The van der Waals surface area contributed by atoms with Crippen molar-refractivity contribution in [3.05, 3.63) is 54.1 Å². The summed E-state index contributed by atoms with van der Waals surface area (Å²) in [5, 5.41) is 26.1. The number of aldehydes is 2. The van der Waals surface area contributed by atoms with Crippen molar-refractivity contribution in [2.45, 2.75) is 58.3 Å². The zero-order chi connectivity index (χ0) is 28.8. The molecule has 1 aliphatic carbocycles. The highest BCUT2D eigenvalue weighted by molar-refractivity contribution is 5.87. The summed E-state index contributed by atoms with van der Waals surface area (Å²) in [6, 6.07) is 8.35. The summed E-state index contributed by atoms with van der Waals surface area (Å²) in [6.45, 7) is 8.22. The van der Waals surface area contributed by atoms with Crippen molar-refractivity contribution in [3.8, 4) is 5.75 Å². The average molecular weight is 535 g/mol. The molecule has 214 valence electrons. The van der Waals surface area contributed by atoms with Gasteiger partial charge in [0.2, 0.25) is 0 Å². The second-order valence-corrected chi connectivity index (χ2v) is 9.35. The molecule has 1 aromatic rings. The van der Waals surface area contributed by atoms with Crippen LogP contribution >= 0.6 is 0 Å². The molecule has 8 nitrogen and oxygen atoms in total. The van der Waals surface area contributed by atoms with Crippen LogP contribution in [0.25, 0.3) is 0 Å².